The molecule has 0 aliphatic heterocycles. The second-order valence-corrected chi connectivity index (χ2v) is 5.69. The lowest BCUT2D eigenvalue weighted by atomic mass is 9.86. The van der Waals surface area contributed by atoms with Gasteiger partial charge in [-0.15, -0.1) is 0 Å². The molecule has 1 rings (SSSR count). The van der Waals surface area contributed by atoms with Gasteiger partial charge < -0.3 is 4.90 Å². The Labute approximate surface area is 109 Å². The first-order valence-electron chi connectivity index (χ1n) is 5.81. The van der Waals surface area contributed by atoms with Crippen LogP contribution < -0.4 is 0 Å². The van der Waals surface area contributed by atoms with Crippen molar-refractivity contribution in [2.24, 2.45) is 0 Å². The van der Waals surface area contributed by atoms with Crippen LogP contribution >= 0.6 is 11.6 Å². The summed E-state index contributed by atoms with van der Waals surface area (Å²) in [7, 11) is 1.71. The number of benzene rings is 1. The summed E-state index contributed by atoms with van der Waals surface area (Å²) in [6.07, 6.45) is 0.833. The normalized spacial score (nSPS) is 11.4. The minimum absolute atomic E-state index is 0.182. The summed E-state index contributed by atoms with van der Waals surface area (Å²) in [6, 6.07) is 8.54. The van der Waals surface area contributed by atoms with Gasteiger partial charge in [-0.3, -0.25) is 4.79 Å². The first kappa shape index (κ1) is 14.0. The van der Waals surface area contributed by atoms with E-state index in [2.05, 4.69) is 45.0 Å². The van der Waals surface area contributed by atoms with Crippen molar-refractivity contribution in [3.05, 3.63) is 35.4 Å². The summed E-state index contributed by atoms with van der Waals surface area (Å²) in [6.45, 7) is 7.24. The van der Waals surface area contributed by atoms with Crippen molar-refractivity contribution in [2.45, 2.75) is 32.6 Å². The molecule has 1 aromatic rings. The van der Waals surface area contributed by atoms with Gasteiger partial charge in [0.05, 0.1) is 0 Å². The molecule has 94 valence electrons. The lowest BCUT2D eigenvalue weighted by molar-refractivity contribution is 0.232. The number of carbonyl (C=O) groups is 1. The van der Waals surface area contributed by atoms with E-state index < -0.39 is 5.37 Å². The lowest BCUT2D eigenvalue weighted by Gasteiger charge is -2.19. The molecule has 0 saturated carbocycles. The number of likely N-dealkylation sites (N-methyl/N-ethyl adjacent to an activating group) is 1. The van der Waals surface area contributed by atoms with E-state index in [4.69, 9.17) is 11.6 Å². The Balaban J connectivity index is 2.60. The van der Waals surface area contributed by atoms with Gasteiger partial charge in [0.15, 0.2) is 0 Å². The van der Waals surface area contributed by atoms with Crippen molar-refractivity contribution in [2.75, 3.05) is 13.6 Å². The SMILES string of the molecule is CN(CCc1ccc(C(C)(C)C)cc1)C(=O)Cl. The highest BCUT2D eigenvalue weighted by molar-refractivity contribution is 6.62. The van der Waals surface area contributed by atoms with Gasteiger partial charge in [-0.2, -0.15) is 0 Å². The van der Waals surface area contributed by atoms with Crippen LogP contribution in [0, 0.1) is 0 Å². The second-order valence-electron chi connectivity index (χ2n) is 5.37. The van der Waals surface area contributed by atoms with E-state index in [1.54, 1.807) is 7.05 Å². The van der Waals surface area contributed by atoms with Crippen LogP contribution in [0.25, 0.3) is 0 Å². The highest BCUT2D eigenvalue weighted by Crippen LogP contribution is 2.22. The quantitative estimate of drug-likeness (QED) is 0.592. The van der Waals surface area contributed by atoms with Crippen LogP contribution in [-0.2, 0) is 11.8 Å². The van der Waals surface area contributed by atoms with E-state index >= 15 is 0 Å². The van der Waals surface area contributed by atoms with E-state index in [0.29, 0.717) is 6.54 Å². The topological polar surface area (TPSA) is 20.3 Å². The molecule has 0 aliphatic carbocycles. The average Bonchev–Trinajstić information content (AvgIpc) is 2.25. The molecule has 2 nitrogen and oxygen atoms in total. The molecule has 0 spiro atoms. The third-order valence-electron chi connectivity index (χ3n) is 2.86. The molecule has 0 heterocycles. The minimum atomic E-state index is -0.406. The monoisotopic (exact) mass is 253 g/mol. The number of hydrogen-bond donors (Lipinski definition) is 0. The van der Waals surface area contributed by atoms with Crippen molar-refractivity contribution in [1.29, 1.82) is 0 Å². The van der Waals surface area contributed by atoms with Crippen LogP contribution in [0.1, 0.15) is 31.9 Å². The molecule has 0 saturated heterocycles. The Bertz CT molecular complexity index is 378. The molecule has 17 heavy (non-hydrogen) atoms. The molecule has 1 aromatic carbocycles. The molecule has 0 aliphatic rings. The number of carbonyl (C=O) groups excluding carboxylic acids is 1. The zero-order valence-electron chi connectivity index (χ0n) is 11.0. The standard InChI is InChI=1S/C14H20ClNO/c1-14(2,3)12-7-5-11(6-8-12)9-10-16(4)13(15)17/h5-8H,9-10H2,1-4H3. The molecule has 0 radical (unpaired) electrons. The van der Waals surface area contributed by atoms with Crippen LogP contribution in [0.4, 0.5) is 4.79 Å². The van der Waals surface area contributed by atoms with Gasteiger partial charge in [0.25, 0.3) is 0 Å². The highest BCUT2D eigenvalue weighted by Gasteiger charge is 2.12. The average molecular weight is 254 g/mol. The number of halogens is 1. The summed E-state index contributed by atoms with van der Waals surface area (Å²) >= 11 is 5.37. The van der Waals surface area contributed by atoms with E-state index in [0.717, 1.165) is 6.42 Å². The molecular formula is C14H20ClNO. The third-order valence-corrected chi connectivity index (χ3v) is 3.14. The smallest absolute Gasteiger partial charge is 0.316 e. The van der Waals surface area contributed by atoms with E-state index in [9.17, 15) is 4.79 Å². The minimum Gasteiger partial charge on any atom is -0.332 e. The fourth-order valence-electron chi connectivity index (χ4n) is 1.56. The van der Waals surface area contributed by atoms with Gasteiger partial charge in [0.2, 0.25) is 0 Å². The van der Waals surface area contributed by atoms with Crippen LogP contribution in [0.2, 0.25) is 0 Å². The maximum atomic E-state index is 10.8. The van der Waals surface area contributed by atoms with Crippen molar-refractivity contribution in [1.82, 2.24) is 4.90 Å². The van der Waals surface area contributed by atoms with Crippen molar-refractivity contribution >= 4 is 17.0 Å². The summed E-state index contributed by atoms with van der Waals surface area (Å²) in [5.74, 6) is 0. The van der Waals surface area contributed by atoms with Gasteiger partial charge in [-0.05, 0) is 34.6 Å². The Morgan fingerprint density at radius 2 is 1.76 bits per heavy atom. The molecule has 0 unspecified atom stereocenters. The van der Waals surface area contributed by atoms with Gasteiger partial charge in [0.1, 0.15) is 0 Å². The predicted molar refractivity (Wildman–Crippen MR) is 72.7 cm³/mol. The summed E-state index contributed by atoms with van der Waals surface area (Å²) in [4.78, 5) is 12.4. The van der Waals surface area contributed by atoms with Gasteiger partial charge in [-0.1, -0.05) is 45.0 Å². The highest BCUT2D eigenvalue weighted by atomic mass is 35.5. The summed E-state index contributed by atoms with van der Waals surface area (Å²) in [5.41, 5.74) is 2.73. The second kappa shape index (κ2) is 5.54. The Hall–Kier alpha value is -1.02. The molecular weight excluding hydrogens is 234 g/mol. The van der Waals surface area contributed by atoms with Crippen LogP contribution in [0.3, 0.4) is 0 Å². The van der Waals surface area contributed by atoms with Gasteiger partial charge in [-0.25, -0.2) is 0 Å². The lowest BCUT2D eigenvalue weighted by Crippen LogP contribution is -2.23. The van der Waals surface area contributed by atoms with Crippen molar-refractivity contribution < 1.29 is 4.79 Å². The molecule has 0 atom stereocenters. The number of rotatable bonds is 3. The molecule has 1 amide bonds. The Morgan fingerprint density at radius 1 is 1.24 bits per heavy atom. The molecule has 0 fully saturated rings. The first-order valence-corrected chi connectivity index (χ1v) is 6.18. The molecule has 0 bridgehead atoms. The third kappa shape index (κ3) is 4.39. The fraction of sp³-hybridized carbons (Fsp3) is 0.500. The van der Waals surface area contributed by atoms with Gasteiger partial charge >= 0.3 is 5.37 Å². The Morgan fingerprint density at radius 3 is 2.18 bits per heavy atom. The first-order chi connectivity index (χ1) is 7.80. The maximum absolute atomic E-state index is 10.8. The van der Waals surface area contributed by atoms with E-state index in [1.165, 1.54) is 16.0 Å². The fourth-order valence-corrected chi connectivity index (χ4v) is 1.64. The molecule has 0 aromatic heterocycles. The molecule has 0 N–H and O–H groups in total. The summed E-state index contributed by atoms with van der Waals surface area (Å²) < 4.78 is 0. The zero-order valence-corrected chi connectivity index (χ0v) is 11.7. The van der Waals surface area contributed by atoms with Crippen LogP contribution in [0.15, 0.2) is 24.3 Å². The predicted octanol–water partition coefficient (Wildman–Crippen LogP) is 3.82. The summed E-state index contributed by atoms with van der Waals surface area (Å²) in [5, 5.41) is -0.406. The number of hydrogen-bond acceptors (Lipinski definition) is 1. The van der Waals surface area contributed by atoms with E-state index in [1.807, 2.05) is 0 Å². The zero-order chi connectivity index (χ0) is 13.1. The van der Waals surface area contributed by atoms with Crippen molar-refractivity contribution in [3.8, 4) is 0 Å². The number of nitrogens with zero attached hydrogens (tertiary/aromatic N) is 1. The van der Waals surface area contributed by atoms with Gasteiger partial charge in [0, 0.05) is 13.6 Å². The number of amides is 1. The van der Waals surface area contributed by atoms with Crippen molar-refractivity contribution in [3.63, 3.8) is 0 Å². The van der Waals surface area contributed by atoms with Crippen LogP contribution in [0.5, 0.6) is 0 Å². The van der Waals surface area contributed by atoms with E-state index in [-0.39, 0.29) is 5.41 Å². The van der Waals surface area contributed by atoms with Crippen LogP contribution in [-0.4, -0.2) is 23.9 Å². The maximum Gasteiger partial charge on any atom is 0.316 e. The molecule has 3 heteroatoms. The Kier molecular flexibility index (Phi) is 4.58. The largest absolute Gasteiger partial charge is 0.332 e.